The Balaban J connectivity index is -0.000000175. The second-order valence-electron chi connectivity index (χ2n) is 1.65. The summed E-state index contributed by atoms with van der Waals surface area (Å²) in [5.41, 5.74) is 1.09. The molecule has 0 amide bonds. The molecule has 0 aromatic rings. The van der Waals surface area contributed by atoms with Crippen molar-refractivity contribution >= 4 is 0 Å². The molecule has 0 radical (unpaired) electrons. The fourth-order valence-corrected chi connectivity index (χ4v) is 0.305. The topological polar surface area (TPSA) is 9.23 Å². The van der Waals surface area contributed by atoms with E-state index in [0.717, 1.165) is 11.3 Å². The Morgan fingerprint density at radius 1 is 1.08 bits per heavy atom. The first-order valence-electron chi connectivity index (χ1n) is 4.56. The molecule has 0 spiro atoms. The van der Waals surface area contributed by atoms with E-state index in [1.54, 1.807) is 13.2 Å². The molecule has 0 aliphatic rings. The van der Waals surface area contributed by atoms with E-state index < -0.39 is 0 Å². The third-order valence-electron chi connectivity index (χ3n) is 1.17. The van der Waals surface area contributed by atoms with Gasteiger partial charge in [0, 0.05) is 0 Å². The average molecular weight is 172 g/mol. The quantitative estimate of drug-likeness (QED) is 0.449. The van der Waals surface area contributed by atoms with Gasteiger partial charge >= 0.3 is 0 Å². The maximum Gasteiger partial charge on any atom is 0.0953 e. The summed E-state index contributed by atoms with van der Waals surface area (Å²) in [4.78, 5) is 0. The van der Waals surface area contributed by atoms with Gasteiger partial charge in [0.15, 0.2) is 0 Å². The molecule has 12 heavy (non-hydrogen) atoms. The van der Waals surface area contributed by atoms with Gasteiger partial charge in [0.2, 0.25) is 0 Å². The predicted octanol–water partition coefficient (Wildman–Crippen LogP) is 4.17. The van der Waals surface area contributed by atoms with Crippen LogP contribution in [0.4, 0.5) is 0 Å². The van der Waals surface area contributed by atoms with Crippen LogP contribution >= 0.6 is 0 Å². The zero-order valence-corrected chi connectivity index (χ0v) is 9.69. The Hall–Kier alpha value is -0.720. The van der Waals surface area contributed by atoms with Gasteiger partial charge in [0.05, 0.1) is 12.9 Å². The zero-order chi connectivity index (χ0) is 10.6. The van der Waals surface area contributed by atoms with Gasteiger partial charge in [0.25, 0.3) is 0 Å². The van der Waals surface area contributed by atoms with Crippen LogP contribution in [0.2, 0.25) is 0 Å². The highest BCUT2D eigenvalue weighted by molar-refractivity contribution is 5.15. The normalized spacial score (nSPS) is 9.25. The summed E-state index contributed by atoms with van der Waals surface area (Å²) in [6.07, 6.45) is 1.78. The highest BCUT2D eigenvalue weighted by atomic mass is 16.5. The number of hydrogen-bond donors (Lipinski definition) is 0. The van der Waals surface area contributed by atoms with E-state index in [-0.39, 0.29) is 0 Å². The summed E-state index contributed by atoms with van der Waals surface area (Å²) < 4.78 is 4.91. The highest BCUT2D eigenvalue weighted by Gasteiger charge is 1.86. The summed E-state index contributed by atoms with van der Waals surface area (Å²) in [7, 11) is 1.66. The van der Waals surface area contributed by atoms with Crippen molar-refractivity contribution in [3.05, 3.63) is 24.0 Å². The van der Waals surface area contributed by atoms with E-state index in [2.05, 4.69) is 6.58 Å². The SMILES string of the molecule is C=C/C(C)=C(/C)OC.CC.CC. The van der Waals surface area contributed by atoms with Crippen molar-refractivity contribution in [1.82, 2.24) is 0 Å². The summed E-state index contributed by atoms with van der Waals surface area (Å²) in [5.74, 6) is 0.931. The van der Waals surface area contributed by atoms with Gasteiger partial charge in [-0.1, -0.05) is 40.3 Å². The van der Waals surface area contributed by atoms with Crippen molar-refractivity contribution < 1.29 is 4.74 Å². The van der Waals surface area contributed by atoms with Crippen LogP contribution in [-0.4, -0.2) is 7.11 Å². The lowest BCUT2D eigenvalue weighted by Crippen LogP contribution is -1.81. The monoisotopic (exact) mass is 172 g/mol. The standard InChI is InChI=1S/C7H12O.2C2H6/c1-5-6(2)7(3)8-4;2*1-2/h5H,1H2,2-4H3;2*1-2H3/b7-6-;;. The molecule has 0 heterocycles. The Kier molecular flexibility index (Phi) is 24.2. The summed E-state index contributed by atoms with van der Waals surface area (Å²) in [5, 5.41) is 0. The van der Waals surface area contributed by atoms with Crippen LogP contribution in [0.15, 0.2) is 24.0 Å². The average Bonchev–Trinajstić information content (AvgIpc) is 2.21. The molecular formula is C11H24O. The third-order valence-corrected chi connectivity index (χ3v) is 1.17. The van der Waals surface area contributed by atoms with E-state index in [4.69, 9.17) is 4.74 Å². The van der Waals surface area contributed by atoms with E-state index >= 15 is 0 Å². The van der Waals surface area contributed by atoms with Crippen LogP contribution in [0.3, 0.4) is 0 Å². The van der Waals surface area contributed by atoms with Crippen LogP contribution in [-0.2, 0) is 4.74 Å². The molecule has 0 aromatic carbocycles. The lowest BCUT2D eigenvalue weighted by Gasteiger charge is -1.99. The number of allylic oxidation sites excluding steroid dienone is 3. The van der Waals surface area contributed by atoms with Crippen molar-refractivity contribution in [3.8, 4) is 0 Å². The molecule has 0 fully saturated rings. The Bertz CT molecular complexity index is 112. The van der Waals surface area contributed by atoms with Gasteiger partial charge in [0.1, 0.15) is 0 Å². The predicted molar refractivity (Wildman–Crippen MR) is 58.3 cm³/mol. The first-order valence-corrected chi connectivity index (χ1v) is 4.56. The molecule has 0 N–H and O–H groups in total. The summed E-state index contributed by atoms with van der Waals surface area (Å²) in [6, 6.07) is 0. The molecule has 0 bridgehead atoms. The van der Waals surface area contributed by atoms with E-state index in [0.29, 0.717) is 0 Å². The van der Waals surface area contributed by atoms with Crippen molar-refractivity contribution in [1.29, 1.82) is 0 Å². The molecule has 0 rings (SSSR count). The largest absolute Gasteiger partial charge is 0.501 e. The minimum Gasteiger partial charge on any atom is -0.501 e. The van der Waals surface area contributed by atoms with Gasteiger partial charge in [-0.3, -0.25) is 0 Å². The van der Waals surface area contributed by atoms with Crippen LogP contribution in [0.5, 0.6) is 0 Å². The molecule has 74 valence electrons. The Morgan fingerprint density at radius 2 is 1.42 bits per heavy atom. The molecule has 0 unspecified atom stereocenters. The maximum absolute atomic E-state index is 4.91. The number of hydrogen-bond acceptors (Lipinski definition) is 1. The number of rotatable bonds is 2. The van der Waals surface area contributed by atoms with Crippen molar-refractivity contribution in [2.24, 2.45) is 0 Å². The van der Waals surface area contributed by atoms with Crippen molar-refractivity contribution in [3.63, 3.8) is 0 Å². The fraction of sp³-hybridized carbons (Fsp3) is 0.636. The molecule has 0 aliphatic carbocycles. The molecular weight excluding hydrogens is 148 g/mol. The molecule has 1 nitrogen and oxygen atoms in total. The van der Waals surface area contributed by atoms with Gasteiger partial charge in [-0.25, -0.2) is 0 Å². The third kappa shape index (κ3) is 12.0. The summed E-state index contributed by atoms with van der Waals surface area (Å²) >= 11 is 0. The van der Waals surface area contributed by atoms with Crippen LogP contribution in [0, 0.1) is 0 Å². The lowest BCUT2D eigenvalue weighted by molar-refractivity contribution is 0.290. The van der Waals surface area contributed by atoms with Gasteiger partial charge in [-0.15, -0.1) is 0 Å². The molecule has 0 atom stereocenters. The zero-order valence-electron chi connectivity index (χ0n) is 9.69. The van der Waals surface area contributed by atoms with E-state index in [1.165, 1.54) is 0 Å². The van der Waals surface area contributed by atoms with Crippen molar-refractivity contribution in [2.75, 3.05) is 7.11 Å². The minimum atomic E-state index is 0.931. The number of ether oxygens (including phenoxy) is 1. The van der Waals surface area contributed by atoms with Crippen LogP contribution in [0.25, 0.3) is 0 Å². The van der Waals surface area contributed by atoms with Crippen LogP contribution < -0.4 is 0 Å². The molecule has 0 aliphatic heterocycles. The lowest BCUT2D eigenvalue weighted by atomic mass is 10.3. The van der Waals surface area contributed by atoms with E-state index in [9.17, 15) is 0 Å². The van der Waals surface area contributed by atoms with Gasteiger partial charge < -0.3 is 4.74 Å². The minimum absolute atomic E-state index is 0.931. The smallest absolute Gasteiger partial charge is 0.0953 e. The van der Waals surface area contributed by atoms with Crippen LogP contribution in [0.1, 0.15) is 41.5 Å². The Morgan fingerprint density at radius 3 is 1.50 bits per heavy atom. The second-order valence-corrected chi connectivity index (χ2v) is 1.65. The summed E-state index contributed by atoms with van der Waals surface area (Å²) in [6.45, 7) is 15.5. The molecule has 0 saturated carbocycles. The Labute approximate surface area is 78.1 Å². The highest BCUT2D eigenvalue weighted by Crippen LogP contribution is 2.02. The van der Waals surface area contributed by atoms with Gasteiger partial charge in [-0.05, 0) is 19.4 Å². The molecule has 1 heteroatoms. The van der Waals surface area contributed by atoms with Crippen molar-refractivity contribution in [2.45, 2.75) is 41.5 Å². The fourth-order valence-electron chi connectivity index (χ4n) is 0.305. The maximum atomic E-state index is 4.91. The first-order chi connectivity index (χ1) is 5.72. The molecule has 0 aromatic heterocycles. The first kappa shape index (κ1) is 17.4. The molecule has 0 saturated heterocycles. The number of methoxy groups -OCH3 is 1. The van der Waals surface area contributed by atoms with E-state index in [1.807, 2.05) is 41.5 Å². The van der Waals surface area contributed by atoms with Gasteiger partial charge in [-0.2, -0.15) is 0 Å². The second kappa shape index (κ2) is 16.7.